The van der Waals surface area contributed by atoms with Crippen LogP contribution in [0.25, 0.3) is 0 Å². The number of unbranched alkanes of at least 4 members (excludes halogenated alkanes) is 1. The monoisotopic (exact) mass is 248 g/mol. The minimum Gasteiger partial charge on any atom is -0.351 e. The van der Waals surface area contributed by atoms with E-state index in [1.807, 2.05) is 32.2 Å². The molecule has 1 aromatic heterocycles. The van der Waals surface area contributed by atoms with E-state index in [2.05, 4.69) is 34.2 Å². The molecule has 0 bridgehead atoms. The number of pyridine rings is 1. The molecule has 0 aliphatic carbocycles. The zero-order valence-electron chi connectivity index (χ0n) is 11.9. The van der Waals surface area contributed by atoms with Gasteiger partial charge in [-0.2, -0.15) is 0 Å². The first kappa shape index (κ1) is 14.5. The number of guanidine groups is 1. The minimum atomic E-state index is 0.713. The molecule has 0 spiro atoms. The second-order valence-corrected chi connectivity index (χ2v) is 4.45. The largest absolute Gasteiger partial charge is 0.351 e. The highest BCUT2D eigenvalue weighted by Gasteiger charge is 2.05. The van der Waals surface area contributed by atoms with Gasteiger partial charge < -0.3 is 10.2 Å². The van der Waals surface area contributed by atoms with Crippen LogP contribution in [0.15, 0.2) is 23.2 Å². The molecule has 1 N–H and O–H groups in total. The predicted molar refractivity (Wildman–Crippen MR) is 76.7 cm³/mol. The maximum absolute atomic E-state index is 4.46. The fourth-order valence-electron chi connectivity index (χ4n) is 1.75. The lowest BCUT2D eigenvalue weighted by Crippen LogP contribution is -2.39. The number of hydrogen-bond acceptors (Lipinski definition) is 2. The average molecular weight is 248 g/mol. The van der Waals surface area contributed by atoms with E-state index in [4.69, 9.17) is 0 Å². The van der Waals surface area contributed by atoms with E-state index in [-0.39, 0.29) is 0 Å². The Morgan fingerprint density at radius 2 is 2.22 bits per heavy atom. The van der Waals surface area contributed by atoms with E-state index in [0.29, 0.717) is 6.54 Å². The Morgan fingerprint density at radius 3 is 2.83 bits per heavy atom. The van der Waals surface area contributed by atoms with Crippen molar-refractivity contribution in [3.8, 4) is 0 Å². The van der Waals surface area contributed by atoms with Crippen LogP contribution in [0.1, 0.15) is 31.2 Å². The van der Waals surface area contributed by atoms with Crippen molar-refractivity contribution >= 4 is 5.96 Å². The normalized spacial score (nSPS) is 11.4. The molecule has 4 nitrogen and oxygen atoms in total. The molecule has 0 aliphatic rings. The lowest BCUT2D eigenvalue weighted by Gasteiger charge is -2.21. The van der Waals surface area contributed by atoms with Gasteiger partial charge in [0.15, 0.2) is 5.96 Å². The number of rotatable bonds is 5. The van der Waals surface area contributed by atoms with Crippen LogP contribution < -0.4 is 5.32 Å². The topological polar surface area (TPSA) is 40.5 Å². The second kappa shape index (κ2) is 7.69. The fourth-order valence-corrected chi connectivity index (χ4v) is 1.75. The van der Waals surface area contributed by atoms with Crippen LogP contribution >= 0.6 is 0 Å². The summed E-state index contributed by atoms with van der Waals surface area (Å²) >= 11 is 0. The number of nitrogens with zero attached hydrogens (tertiary/aromatic N) is 3. The first-order valence-electron chi connectivity index (χ1n) is 6.51. The molecule has 0 fully saturated rings. The summed E-state index contributed by atoms with van der Waals surface area (Å²) in [5.41, 5.74) is 2.09. The number of aromatic nitrogens is 1. The smallest absolute Gasteiger partial charge is 0.193 e. The van der Waals surface area contributed by atoms with Gasteiger partial charge in [0.2, 0.25) is 0 Å². The third-order valence-electron chi connectivity index (χ3n) is 2.79. The van der Waals surface area contributed by atoms with E-state index in [0.717, 1.165) is 23.9 Å². The van der Waals surface area contributed by atoms with Gasteiger partial charge in [-0.15, -0.1) is 0 Å². The molecule has 18 heavy (non-hydrogen) atoms. The molecule has 1 heterocycles. The third kappa shape index (κ3) is 4.73. The predicted octanol–water partition coefficient (Wildman–Crippen LogP) is 2.20. The van der Waals surface area contributed by atoms with Crippen molar-refractivity contribution in [2.45, 2.75) is 33.2 Å². The van der Waals surface area contributed by atoms with Crippen LogP contribution in [-0.4, -0.2) is 36.5 Å². The van der Waals surface area contributed by atoms with Gasteiger partial charge in [0.1, 0.15) is 0 Å². The van der Waals surface area contributed by atoms with Gasteiger partial charge in [0, 0.05) is 26.3 Å². The Balaban J connectivity index is 2.49. The van der Waals surface area contributed by atoms with Gasteiger partial charge in [0.25, 0.3) is 0 Å². The molecule has 0 unspecified atom stereocenters. The summed E-state index contributed by atoms with van der Waals surface area (Å²) in [6.07, 6.45) is 2.38. The van der Waals surface area contributed by atoms with Crippen molar-refractivity contribution in [1.82, 2.24) is 15.2 Å². The van der Waals surface area contributed by atoms with Gasteiger partial charge in [-0.3, -0.25) is 9.98 Å². The van der Waals surface area contributed by atoms with Crippen LogP contribution in [-0.2, 0) is 6.54 Å². The van der Waals surface area contributed by atoms with Gasteiger partial charge >= 0.3 is 0 Å². The molecule has 0 atom stereocenters. The van der Waals surface area contributed by atoms with Crippen molar-refractivity contribution in [3.63, 3.8) is 0 Å². The maximum atomic E-state index is 4.46. The summed E-state index contributed by atoms with van der Waals surface area (Å²) in [7, 11) is 3.88. The zero-order chi connectivity index (χ0) is 13.4. The lowest BCUT2D eigenvalue weighted by atomic mass is 10.3. The molecule has 1 rings (SSSR count). The van der Waals surface area contributed by atoms with Crippen LogP contribution in [0.2, 0.25) is 0 Å². The van der Waals surface area contributed by atoms with E-state index in [1.54, 1.807) is 0 Å². The molecule has 0 radical (unpaired) electrons. The number of aryl methyl sites for hydroxylation is 1. The van der Waals surface area contributed by atoms with Gasteiger partial charge in [-0.05, 0) is 25.5 Å². The quantitative estimate of drug-likeness (QED) is 0.641. The number of nitrogens with one attached hydrogen (secondary N) is 1. The first-order valence-corrected chi connectivity index (χ1v) is 6.51. The summed E-state index contributed by atoms with van der Waals surface area (Å²) in [4.78, 5) is 10.9. The summed E-state index contributed by atoms with van der Waals surface area (Å²) < 4.78 is 0. The summed E-state index contributed by atoms with van der Waals surface area (Å²) in [6, 6.07) is 6.06. The first-order chi connectivity index (χ1) is 8.67. The molecule has 0 amide bonds. The van der Waals surface area contributed by atoms with E-state index in [1.165, 1.54) is 12.8 Å². The molecule has 0 saturated carbocycles. The van der Waals surface area contributed by atoms with Crippen LogP contribution in [0.5, 0.6) is 0 Å². The van der Waals surface area contributed by atoms with Gasteiger partial charge in [-0.25, -0.2) is 0 Å². The highest BCUT2D eigenvalue weighted by Crippen LogP contribution is 1.98. The van der Waals surface area contributed by atoms with Gasteiger partial charge in [0.05, 0.1) is 12.2 Å². The van der Waals surface area contributed by atoms with E-state index >= 15 is 0 Å². The zero-order valence-corrected chi connectivity index (χ0v) is 11.9. The standard InChI is InChI=1S/C14H24N4/c1-5-6-10-18(4)14(15-3)16-11-13-9-7-8-12(2)17-13/h7-9H,5-6,10-11H2,1-4H3,(H,15,16). The van der Waals surface area contributed by atoms with Crippen molar-refractivity contribution in [3.05, 3.63) is 29.6 Å². The molecule has 0 aromatic carbocycles. The van der Waals surface area contributed by atoms with Crippen LogP contribution in [0, 0.1) is 6.92 Å². The Morgan fingerprint density at radius 1 is 1.44 bits per heavy atom. The van der Waals surface area contributed by atoms with E-state index in [9.17, 15) is 0 Å². The van der Waals surface area contributed by atoms with Crippen LogP contribution in [0.4, 0.5) is 0 Å². The lowest BCUT2D eigenvalue weighted by molar-refractivity contribution is 0.464. The van der Waals surface area contributed by atoms with Crippen LogP contribution in [0.3, 0.4) is 0 Å². The Bertz CT molecular complexity index is 387. The summed E-state index contributed by atoms with van der Waals surface area (Å²) in [5.74, 6) is 0.923. The average Bonchev–Trinajstić information content (AvgIpc) is 2.37. The van der Waals surface area contributed by atoms with Crippen molar-refractivity contribution in [1.29, 1.82) is 0 Å². The van der Waals surface area contributed by atoms with Crippen molar-refractivity contribution in [2.75, 3.05) is 20.6 Å². The second-order valence-electron chi connectivity index (χ2n) is 4.45. The minimum absolute atomic E-state index is 0.713. The molecule has 0 aliphatic heterocycles. The van der Waals surface area contributed by atoms with E-state index < -0.39 is 0 Å². The highest BCUT2D eigenvalue weighted by atomic mass is 15.3. The third-order valence-corrected chi connectivity index (χ3v) is 2.79. The molecule has 100 valence electrons. The van der Waals surface area contributed by atoms with Crippen molar-refractivity contribution < 1.29 is 0 Å². The van der Waals surface area contributed by atoms with Gasteiger partial charge in [-0.1, -0.05) is 19.4 Å². The SMILES string of the molecule is CCCCN(C)C(=NC)NCc1cccc(C)n1. The maximum Gasteiger partial charge on any atom is 0.193 e. The van der Waals surface area contributed by atoms with Crippen molar-refractivity contribution in [2.24, 2.45) is 4.99 Å². The Labute approximate surface area is 110 Å². The Kier molecular flexibility index (Phi) is 6.19. The highest BCUT2D eigenvalue weighted by molar-refractivity contribution is 5.79. The molecule has 0 saturated heterocycles. The Hall–Kier alpha value is -1.58. The summed E-state index contributed by atoms with van der Waals surface area (Å²) in [6.45, 7) is 5.94. The number of aliphatic imine (C=N–C) groups is 1. The molecular formula is C14H24N4. The molecule has 4 heteroatoms. The number of hydrogen-bond donors (Lipinski definition) is 1. The molecule has 1 aromatic rings. The molecular weight excluding hydrogens is 224 g/mol. The summed E-state index contributed by atoms with van der Waals surface area (Å²) in [5, 5.41) is 3.34. The fraction of sp³-hybridized carbons (Fsp3) is 0.571.